The Kier molecular flexibility index (Phi) is 2.34. The van der Waals surface area contributed by atoms with Crippen LogP contribution in [-0.2, 0) is 0 Å². The molecule has 0 bridgehead atoms. The van der Waals surface area contributed by atoms with E-state index >= 15 is 0 Å². The average Bonchev–Trinajstić information content (AvgIpc) is 2.42. The maximum atomic E-state index is 4.46. The van der Waals surface area contributed by atoms with Crippen molar-refractivity contribution in [3.05, 3.63) is 21.9 Å². The Labute approximate surface area is 89.2 Å². The summed E-state index contributed by atoms with van der Waals surface area (Å²) in [5, 5.41) is 0. The molecule has 0 aliphatic rings. The molecule has 4 heteroatoms. The molecule has 68 valence electrons. The number of fused-ring (bicyclic) bond motifs is 1. The van der Waals surface area contributed by atoms with Crippen molar-refractivity contribution in [1.82, 2.24) is 9.97 Å². The summed E-state index contributed by atoms with van der Waals surface area (Å²) in [7, 11) is 0. The molecular weight excluding hydrogens is 248 g/mol. The fourth-order valence-electron chi connectivity index (χ4n) is 1.10. The molecule has 0 aliphatic carbocycles. The molecule has 0 N–H and O–H groups in total. The van der Waals surface area contributed by atoms with Crippen LogP contribution in [0.2, 0.25) is 0 Å². The lowest BCUT2D eigenvalue weighted by atomic mass is 10.2. The van der Waals surface area contributed by atoms with E-state index in [0.717, 1.165) is 19.8 Å². The predicted molar refractivity (Wildman–Crippen MR) is 59.2 cm³/mol. The molecule has 2 rings (SSSR count). The monoisotopic (exact) mass is 256 g/mol. The molecule has 0 saturated carbocycles. The number of hydrogen-bond acceptors (Lipinski definition) is 3. The molecule has 0 unspecified atom stereocenters. The van der Waals surface area contributed by atoms with E-state index in [1.165, 1.54) is 0 Å². The van der Waals surface area contributed by atoms with Crippen molar-refractivity contribution >= 4 is 37.5 Å². The van der Waals surface area contributed by atoms with Crippen molar-refractivity contribution in [2.75, 3.05) is 0 Å². The van der Waals surface area contributed by atoms with Crippen molar-refractivity contribution < 1.29 is 0 Å². The van der Waals surface area contributed by atoms with Gasteiger partial charge in [0.15, 0.2) is 0 Å². The molecule has 0 aliphatic heterocycles. The van der Waals surface area contributed by atoms with E-state index in [1.807, 2.05) is 12.3 Å². The highest BCUT2D eigenvalue weighted by atomic mass is 79.9. The van der Waals surface area contributed by atoms with E-state index < -0.39 is 0 Å². The third-order valence-electron chi connectivity index (χ3n) is 1.78. The van der Waals surface area contributed by atoms with E-state index in [0.29, 0.717) is 5.92 Å². The first kappa shape index (κ1) is 9.09. The molecule has 2 aromatic heterocycles. The highest BCUT2D eigenvalue weighted by Gasteiger charge is 2.06. The summed E-state index contributed by atoms with van der Waals surface area (Å²) in [4.78, 5) is 8.76. The van der Waals surface area contributed by atoms with Crippen LogP contribution in [0.1, 0.15) is 25.6 Å². The smallest absolute Gasteiger partial charge is 0.131 e. The minimum absolute atomic E-state index is 0.392. The van der Waals surface area contributed by atoms with Gasteiger partial charge in [0.05, 0.1) is 14.0 Å². The quantitative estimate of drug-likeness (QED) is 0.780. The number of nitrogens with zero attached hydrogens (tertiary/aromatic N) is 2. The minimum atomic E-state index is 0.392. The molecule has 13 heavy (non-hydrogen) atoms. The Hall–Kier alpha value is -0.480. The van der Waals surface area contributed by atoms with Gasteiger partial charge in [-0.1, -0.05) is 13.8 Å². The molecule has 0 saturated heterocycles. The largest absolute Gasteiger partial charge is 0.240 e. The molecule has 2 heterocycles. The van der Waals surface area contributed by atoms with Crippen molar-refractivity contribution in [1.29, 1.82) is 0 Å². The van der Waals surface area contributed by atoms with Crippen LogP contribution in [0.25, 0.3) is 10.2 Å². The van der Waals surface area contributed by atoms with Crippen LogP contribution in [-0.4, -0.2) is 9.97 Å². The lowest BCUT2D eigenvalue weighted by molar-refractivity contribution is 0.783. The van der Waals surface area contributed by atoms with Crippen LogP contribution in [0.15, 0.2) is 16.0 Å². The number of rotatable bonds is 1. The van der Waals surface area contributed by atoms with E-state index in [-0.39, 0.29) is 0 Å². The Bertz CT molecular complexity index is 436. The minimum Gasteiger partial charge on any atom is -0.240 e. The molecule has 0 spiro atoms. The Morgan fingerprint density at radius 1 is 1.46 bits per heavy atom. The first-order valence-corrected chi connectivity index (χ1v) is 5.70. The molecule has 0 amide bonds. The molecule has 0 fully saturated rings. The number of aromatic nitrogens is 2. The van der Waals surface area contributed by atoms with E-state index in [1.54, 1.807) is 11.3 Å². The van der Waals surface area contributed by atoms with Gasteiger partial charge in [0.1, 0.15) is 5.82 Å². The van der Waals surface area contributed by atoms with Crippen LogP contribution in [0.3, 0.4) is 0 Å². The summed E-state index contributed by atoms with van der Waals surface area (Å²) < 4.78 is 2.24. The van der Waals surface area contributed by atoms with Crippen molar-refractivity contribution in [3.63, 3.8) is 0 Å². The second kappa shape index (κ2) is 3.35. The SMILES string of the molecule is CC(C)c1ncc2sc(Br)cc2n1. The van der Waals surface area contributed by atoms with Crippen molar-refractivity contribution in [2.45, 2.75) is 19.8 Å². The molecule has 0 aromatic carbocycles. The van der Waals surface area contributed by atoms with Crippen LogP contribution < -0.4 is 0 Å². The van der Waals surface area contributed by atoms with Gasteiger partial charge >= 0.3 is 0 Å². The predicted octanol–water partition coefficient (Wildman–Crippen LogP) is 3.58. The zero-order chi connectivity index (χ0) is 9.42. The highest BCUT2D eigenvalue weighted by molar-refractivity contribution is 9.11. The fraction of sp³-hybridized carbons (Fsp3) is 0.333. The number of halogens is 1. The average molecular weight is 257 g/mol. The number of thiophene rings is 1. The van der Waals surface area contributed by atoms with Gasteiger partial charge in [-0.05, 0) is 22.0 Å². The fourth-order valence-corrected chi connectivity index (χ4v) is 2.54. The van der Waals surface area contributed by atoms with Crippen molar-refractivity contribution in [3.8, 4) is 0 Å². The summed E-state index contributed by atoms with van der Waals surface area (Å²) in [5.41, 5.74) is 1.04. The summed E-state index contributed by atoms with van der Waals surface area (Å²) in [5.74, 6) is 1.31. The lowest BCUT2D eigenvalue weighted by Gasteiger charge is -2.01. The standard InChI is InChI=1S/C9H9BrN2S/c1-5(2)9-11-4-7-6(12-9)3-8(10)13-7/h3-5H,1-2H3. The molecule has 0 atom stereocenters. The molecule has 2 nitrogen and oxygen atoms in total. The summed E-state index contributed by atoms with van der Waals surface area (Å²) in [6.07, 6.45) is 1.90. The van der Waals surface area contributed by atoms with Crippen LogP contribution in [0.5, 0.6) is 0 Å². The van der Waals surface area contributed by atoms with Crippen LogP contribution >= 0.6 is 27.3 Å². The van der Waals surface area contributed by atoms with Gasteiger partial charge in [0.25, 0.3) is 0 Å². The zero-order valence-corrected chi connectivity index (χ0v) is 9.82. The van der Waals surface area contributed by atoms with Crippen LogP contribution in [0.4, 0.5) is 0 Å². The summed E-state index contributed by atoms with van der Waals surface area (Å²) >= 11 is 5.10. The van der Waals surface area contributed by atoms with Gasteiger partial charge in [-0.3, -0.25) is 0 Å². The topological polar surface area (TPSA) is 25.8 Å². The van der Waals surface area contributed by atoms with Gasteiger partial charge in [0, 0.05) is 12.1 Å². The maximum Gasteiger partial charge on any atom is 0.131 e. The Morgan fingerprint density at radius 2 is 2.23 bits per heavy atom. The van der Waals surface area contributed by atoms with Crippen LogP contribution in [0, 0.1) is 0 Å². The summed E-state index contributed by atoms with van der Waals surface area (Å²) in [6.45, 7) is 4.20. The van der Waals surface area contributed by atoms with E-state index in [9.17, 15) is 0 Å². The van der Waals surface area contributed by atoms with Gasteiger partial charge in [-0.25, -0.2) is 9.97 Å². The van der Waals surface area contributed by atoms with Gasteiger partial charge in [-0.15, -0.1) is 11.3 Å². The zero-order valence-electron chi connectivity index (χ0n) is 7.41. The summed E-state index contributed by atoms with van der Waals surface area (Å²) in [6, 6.07) is 2.04. The van der Waals surface area contributed by atoms with Gasteiger partial charge < -0.3 is 0 Å². The maximum absolute atomic E-state index is 4.46. The second-order valence-corrected chi connectivity index (χ2v) is 5.65. The van der Waals surface area contributed by atoms with E-state index in [4.69, 9.17) is 0 Å². The molecule has 2 aromatic rings. The third kappa shape index (κ3) is 1.74. The second-order valence-electron chi connectivity index (χ2n) is 3.18. The van der Waals surface area contributed by atoms with Crippen molar-refractivity contribution in [2.24, 2.45) is 0 Å². The number of hydrogen-bond donors (Lipinski definition) is 0. The molecular formula is C9H9BrN2S. The first-order valence-electron chi connectivity index (χ1n) is 4.09. The lowest BCUT2D eigenvalue weighted by Crippen LogP contribution is -1.95. The normalized spacial score (nSPS) is 11.4. The third-order valence-corrected chi connectivity index (χ3v) is 3.34. The Morgan fingerprint density at radius 3 is 2.92 bits per heavy atom. The first-order chi connectivity index (χ1) is 6.16. The van der Waals surface area contributed by atoms with E-state index in [2.05, 4.69) is 39.7 Å². The highest BCUT2D eigenvalue weighted by Crippen LogP contribution is 2.28. The molecule has 0 radical (unpaired) electrons. The van der Waals surface area contributed by atoms with Gasteiger partial charge in [-0.2, -0.15) is 0 Å². The Balaban J connectivity index is 2.61. The van der Waals surface area contributed by atoms with Gasteiger partial charge in [0.2, 0.25) is 0 Å².